The number of nitriles is 1. The first-order valence-electron chi connectivity index (χ1n) is 5.13. The van der Waals surface area contributed by atoms with Crippen molar-refractivity contribution in [3.8, 4) is 11.8 Å². The SMILES string of the molecule is N#Cc1nccn1-c1ccnc2cc(Br)cnc12. The molecule has 0 saturated heterocycles. The van der Waals surface area contributed by atoms with E-state index in [-0.39, 0.29) is 0 Å². The van der Waals surface area contributed by atoms with Crippen molar-refractivity contribution in [2.45, 2.75) is 0 Å². The van der Waals surface area contributed by atoms with Crippen LogP contribution in [0.3, 0.4) is 0 Å². The van der Waals surface area contributed by atoms with Gasteiger partial charge in [-0.25, -0.2) is 4.98 Å². The lowest BCUT2D eigenvalue weighted by Crippen LogP contribution is -1.99. The third kappa shape index (κ3) is 1.65. The van der Waals surface area contributed by atoms with Crippen molar-refractivity contribution in [1.29, 1.82) is 5.26 Å². The number of imidazole rings is 1. The lowest BCUT2D eigenvalue weighted by molar-refractivity contribution is 1.02. The van der Waals surface area contributed by atoms with Gasteiger partial charge in [-0.1, -0.05) is 0 Å². The molecule has 3 heterocycles. The molecular formula is C12H6BrN5. The summed E-state index contributed by atoms with van der Waals surface area (Å²) in [6.45, 7) is 0. The number of aromatic nitrogens is 4. The molecule has 3 aromatic rings. The highest BCUT2D eigenvalue weighted by Gasteiger charge is 2.09. The van der Waals surface area contributed by atoms with Crippen LogP contribution in [0.4, 0.5) is 0 Å². The van der Waals surface area contributed by atoms with Gasteiger partial charge in [-0.3, -0.25) is 14.5 Å². The van der Waals surface area contributed by atoms with Crippen molar-refractivity contribution in [3.05, 3.63) is 47.2 Å². The monoisotopic (exact) mass is 299 g/mol. The second-order valence-corrected chi connectivity index (χ2v) is 4.50. The number of hydrogen-bond acceptors (Lipinski definition) is 4. The average Bonchev–Trinajstić information content (AvgIpc) is 2.85. The van der Waals surface area contributed by atoms with Crippen LogP contribution in [0.1, 0.15) is 5.82 Å². The zero-order valence-corrected chi connectivity index (χ0v) is 10.7. The van der Waals surface area contributed by atoms with Gasteiger partial charge in [0.1, 0.15) is 11.6 Å². The average molecular weight is 300 g/mol. The van der Waals surface area contributed by atoms with Crippen molar-refractivity contribution in [3.63, 3.8) is 0 Å². The number of fused-ring (bicyclic) bond motifs is 1. The topological polar surface area (TPSA) is 67.4 Å². The Labute approximate surface area is 111 Å². The lowest BCUT2D eigenvalue weighted by Gasteiger charge is -2.06. The molecular weight excluding hydrogens is 294 g/mol. The number of halogens is 1. The van der Waals surface area contributed by atoms with Gasteiger partial charge in [0, 0.05) is 29.3 Å². The van der Waals surface area contributed by atoms with Crippen molar-refractivity contribution in [2.24, 2.45) is 0 Å². The summed E-state index contributed by atoms with van der Waals surface area (Å²) in [6, 6.07) is 5.74. The summed E-state index contributed by atoms with van der Waals surface area (Å²) in [5.41, 5.74) is 2.29. The van der Waals surface area contributed by atoms with Crippen LogP contribution in [0.25, 0.3) is 16.7 Å². The van der Waals surface area contributed by atoms with Crippen LogP contribution in [-0.2, 0) is 0 Å². The minimum atomic E-state index is 0.326. The van der Waals surface area contributed by atoms with Gasteiger partial charge in [-0.05, 0) is 28.1 Å². The van der Waals surface area contributed by atoms with Crippen LogP contribution in [0.15, 0.2) is 41.4 Å². The van der Waals surface area contributed by atoms with E-state index >= 15 is 0 Å². The third-order valence-electron chi connectivity index (χ3n) is 2.52. The Bertz CT molecular complexity index is 771. The molecule has 6 heteroatoms. The fourth-order valence-corrected chi connectivity index (χ4v) is 2.09. The smallest absolute Gasteiger partial charge is 0.217 e. The summed E-state index contributed by atoms with van der Waals surface area (Å²) >= 11 is 3.36. The zero-order valence-electron chi connectivity index (χ0n) is 9.08. The molecule has 0 aliphatic rings. The molecule has 18 heavy (non-hydrogen) atoms. The van der Waals surface area contributed by atoms with Gasteiger partial charge in [0.15, 0.2) is 0 Å². The Morgan fingerprint density at radius 3 is 2.94 bits per heavy atom. The van der Waals surface area contributed by atoms with Crippen LogP contribution < -0.4 is 0 Å². The molecule has 0 aromatic carbocycles. The largest absolute Gasteiger partial charge is 0.289 e. The zero-order chi connectivity index (χ0) is 12.5. The fourth-order valence-electron chi connectivity index (χ4n) is 1.77. The Morgan fingerprint density at radius 2 is 2.11 bits per heavy atom. The fraction of sp³-hybridized carbons (Fsp3) is 0. The lowest BCUT2D eigenvalue weighted by atomic mass is 10.3. The predicted molar refractivity (Wildman–Crippen MR) is 69.1 cm³/mol. The Morgan fingerprint density at radius 1 is 1.22 bits per heavy atom. The summed E-state index contributed by atoms with van der Waals surface area (Å²) in [5, 5.41) is 9.01. The maximum atomic E-state index is 9.01. The van der Waals surface area contributed by atoms with Gasteiger partial charge in [0.05, 0.1) is 11.2 Å². The summed E-state index contributed by atoms with van der Waals surface area (Å²) in [6.07, 6.45) is 6.71. The molecule has 0 atom stereocenters. The molecule has 0 spiro atoms. The van der Waals surface area contributed by atoms with Crippen molar-refractivity contribution < 1.29 is 0 Å². The molecule has 0 unspecified atom stereocenters. The number of hydrogen-bond donors (Lipinski definition) is 0. The minimum absolute atomic E-state index is 0.326. The molecule has 3 aromatic heterocycles. The first-order chi connectivity index (χ1) is 8.79. The van der Waals surface area contributed by atoms with Gasteiger partial charge in [-0.2, -0.15) is 5.26 Å². The van der Waals surface area contributed by atoms with E-state index in [2.05, 4.69) is 30.9 Å². The Kier molecular flexibility index (Phi) is 2.54. The van der Waals surface area contributed by atoms with Gasteiger partial charge in [0.25, 0.3) is 0 Å². The molecule has 0 saturated carbocycles. The van der Waals surface area contributed by atoms with E-state index in [0.29, 0.717) is 5.82 Å². The first-order valence-corrected chi connectivity index (χ1v) is 5.93. The van der Waals surface area contributed by atoms with E-state index in [0.717, 1.165) is 21.2 Å². The van der Waals surface area contributed by atoms with Crippen molar-refractivity contribution in [2.75, 3.05) is 0 Å². The molecule has 0 radical (unpaired) electrons. The van der Waals surface area contributed by atoms with Crippen LogP contribution in [0.5, 0.6) is 0 Å². The molecule has 86 valence electrons. The summed E-state index contributed by atoms with van der Waals surface area (Å²) < 4.78 is 2.57. The van der Waals surface area contributed by atoms with Gasteiger partial charge < -0.3 is 0 Å². The minimum Gasteiger partial charge on any atom is -0.289 e. The Hall–Kier alpha value is -2.26. The van der Waals surface area contributed by atoms with Gasteiger partial charge >= 0.3 is 0 Å². The third-order valence-corrected chi connectivity index (χ3v) is 2.96. The summed E-state index contributed by atoms with van der Waals surface area (Å²) in [5.74, 6) is 0.326. The van der Waals surface area contributed by atoms with Crippen LogP contribution in [0.2, 0.25) is 0 Å². The molecule has 0 bridgehead atoms. The standard InChI is InChI=1S/C12H6BrN5/c13-8-5-9-12(17-7-8)10(1-2-15-9)18-4-3-16-11(18)6-14/h1-5,7H. The summed E-state index contributed by atoms with van der Waals surface area (Å²) in [7, 11) is 0. The number of nitrogens with zero attached hydrogens (tertiary/aromatic N) is 5. The van der Waals surface area contributed by atoms with E-state index in [9.17, 15) is 0 Å². The molecule has 0 amide bonds. The second-order valence-electron chi connectivity index (χ2n) is 3.58. The molecule has 0 aliphatic heterocycles. The van der Waals surface area contributed by atoms with E-state index in [1.807, 2.05) is 18.2 Å². The molecule has 5 nitrogen and oxygen atoms in total. The highest BCUT2D eigenvalue weighted by Crippen LogP contribution is 2.21. The highest BCUT2D eigenvalue weighted by molar-refractivity contribution is 9.10. The summed E-state index contributed by atoms with van der Waals surface area (Å²) in [4.78, 5) is 12.6. The van der Waals surface area contributed by atoms with Crippen LogP contribution in [0, 0.1) is 11.3 Å². The highest BCUT2D eigenvalue weighted by atomic mass is 79.9. The van der Waals surface area contributed by atoms with E-state index in [1.54, 1.807) is 29.4 Å². The molecule has 3 rings (SSSR count). The maximum absolute atomic E-state index is 9.01. The maximum Gasteiger partial charge on any atom is 0.217 e. The van der Waals surface area contributed by atoms with E-state index in [4.69, 9.17) is 5.26 Å². The first kappa shape index (κ1) is 10.9. The van der Waals surface area contributed by atoms with Crippen LogP contribution >= 0.6 is 15.9 Å². The molecule has 0 fully saturated rings. The molecule has 0 N–H and O–H groups in total. The van der Waals surface area contributed by atoms with Crippen molar-refractivity contribution in [1.82, 2.24) is 19.5 Å². The van der Waals surface area contributed by atoms with E-state index in [1.165, 1.54) is 0 Å². The van der Waals surface area contributed by atoms with Crippen LogP contribution in [-0.4, -0.2) is 19.5 Å². The Balaban J connectivity index is 2.34. The molecule has 0 aliphatic carbocycles. The quantitative estimate of drug-likeness (QED) is 0.692. The normalized spacial score (nSPS) is 10.4. The predicted octanol–water partition coefficient (Wildman–Crippen LogP) is 2.45. The van der Waals surface area contributed by atoms with Gasteiger partial charge in [0.2, 0.25) is 5.82 Å². The van der Waals surface area contributed by atoms with E-state index < -0.39 is 0 Å². The number of rotatable bonds is 1. The van der Waals surface area contributed by atoms with Crippen molar-refractivity contribution >= 4 is 27.0 Å². The number of pyridine rings is 2. The van der Waals surface area contributed by atoms with Gasteiger partial charge in [-0.15, -0.1) is 0 Å². The second kappa shape index (κ2) is 4.20.